The van der Waals surface area contributed by atoms with E-state index in [9.17, 15) is 0 Å². The number of rotatable bonds is 3. The average Bonchev–Trinajstić information content (AvgIpc) is 2.47. The van der Waals surface area contributed by atoms with Gasteiger partial charge in [0, 0.05) is 6.54 Å². The minimum Gasteiger partial charge on any atom is -0.261 e. The Morgan fingerprint density at radius 1 is 1.05 bits per heavy atom. The summed E-state index contributed by atoms with van der Waals surface area (Å²) in [4.78, 5) is 0. The number of hydrogen-bond donors (Lipinski definition) is 2. The third-order valence-corrected chi connectivity index (χ3v) is 7.54. The lowest BCUT2D eigenvalue weighted by molar-refractivity contribution is -0.185. The third-order valence-electron chi connectivity index (χ3n) is 7.54. The van der Waals surface area contributed by atoms with E-state index in [4.69, 9.17) is 0 Å². The molecule has 3 saturated carbocycles. The summed E-state index contributed by atoms with van der Waals surface area (Å²) in [7, 11) is 2.00. The van der Waals surface area contributed by atoms with E-state index in [0.29, 0.717) is 10.8 Å². The second-order valence-electron chi connectivity index (χ2n) is 9.30. The lowest BCUT2D eigenvalue weighted by atomic mass is 9.38. The predicted octanol–water partition coefficient (Wildman–Crippen LogP) is 4.23. The SMILES string of the molecule is CNNCC1CC2(C)C3CCCCC3C2C(C)(C)CC1C. The first-order chi connectivity index (χ1) is 9.90. The minimum atomic E-state index is 0.529. The molecular formula is C19H36N2. The summed E-state index contributed by atoms with van der Waals surface area (Å²) >= 11 is 0. The van der Waals surface area contributed by atoms with Crippen LogP contribution in [0.25, 0.3) is 0 Å². The highest BCUT2D eigenvalue weighted by Gasteiger charge is 2.64. The molecule has 3 fully saturated rings. The highest BCUT2D eigenvalue weighted by atomic mass is 15.3. The summed E-state index contributed by atoms with van der Waals surface area (Å²) in [5, 5.41) is 0. The van der Waals surface area contributed by atoms with Crippen molar-refractivity contribution in [2.45, 2.75) is 66.2 Å². The van der Waals surface area contributed by atoms with Crippen LogP contribution in [-0.2, 0) is 0 Å². The van der Waals surface area contributed by atoms with E-state index in [2.05, 4.69) is 38.5 Å². The van der Waals surface area contributed by atoms with E-state index in [1.807, 2.05) is 7.05 Å². The molecule has 122 valence electrons. The van der Waals surface area contributed by atoms with Gasteiger partial charge in [-0.05, 0) is 73.2 Å². The van der Waals surface area contributed by atoms with Crippen molar-refractivity contribution in [2.24, 2.45) is 40.4 Å². The lowest BCUT2D eigenvalue weighted by Gasteiger charge is -2.67. The molecule has 0 aliphatic heterocycles. The average molecular weight is 293 g/mol. The maximum Gasteiger partial charge on any atom is 0.0131 e. The Hall–Kier alpha value is -0.0800. The van der Waals surface area contributed by atoms with E-state index in [1.54, 1.807) is 0 Å². The molecule has 0 heterocycles. The first kappa shape index (κ1) is 15.8. The Labute approximate surface area is 131 Å². The summed E-state index contributed by atoms with van der Waals surface area (Å²) < 4.78 is 0. The van der Waals surface area contributed by atoms with Gasteiger partial charge in [0.05, 0.1) is 0 Å². The van der Waals surface area contributed by atoms with Gasteiger partial charge in [0.15, 0.2) is 0 Å². The maximum atomic E-state index is 3.40. The van der Waals surface area contributed by atoms with Gasteiger partial charge in [-0.3, -0.25) is 10.9 Å². The Bertz CT molecular complexity index is 378. The number of hydrogen-bond acceptors (Lipinski definition) is 2. The van der Waals surface area contributed by atoms with Crippen LogP contribution in [0.4, 0.5) is 0 Å². The van der Waals surface area contributed by atoms with Gasteiger partial charge < -0.3 is 0 Å². The Balaban J connectivity index is 1.86. The molecular weight excluding hydrogens is 256 g/mol. The van der Waals surface area contributed by atoms with Gasteiger partial charge in [0.1, 0.15) is 0 Å². The molecule has 2 heteroatoms. The van der Waals surface area contributed by atoms with E-state index >= 15 is 0 Å². The molecule has 0 amide bonds. The Kier molecular flexibility index (Phi) is 4.16. The first-order valence-corrected chi connectivity index (χ1v) is 9.30. The molecule has 21 heavy (non-hydrogen) atoms. The summed E-state index contributed by atoms with van der Waals surface area (Å²) in [5.41, 5.74) is 7.68. The largest absolute Gasteiger partial charge is 0.261 e. The van der Waals surface area contributed by atoms with Crippen LogP contribution in [0.3, 0.4) is 0 Å². The molecule has 3 rings (SSSR count). The maximum absolute atomic E-state index is 3.40. The summed E-state index contributed by atoms with van der Waals surface area (Å²) in [6, 6.07) is 0. The summed E-state index contributed by atoms with van der Waals surface area (Å²) in [6.07, 6.45) is 8.85. The molecule has 0 radical (unpaired) electrons. The van der Waals surface area contributed by atoms with Crippen LogP contribution in [-0.4, -0.2) is 13.6 Å². The standard InChI is InChI=1S/C19H36N2/c1-13-10-18(2,3)17-15-8-6-7-9-16(15)19(17,4)11-14(13)12-21-20-5/h13-17,20-21H,6-12H2,1-5H3. The van der Waals surface area contributed by atoms with Crippen LogP contribution in [0, 0.1) is 40.4 Å². The molecule has 0 saturated heterocycles. The van der Waals surface area contributed by atoms with Crippen molar-refractivity contribution in [1.82, 2.24) is 10.9 Å². The van der Waals surface area contributed by atoms with Gasteiger partial charge in [-0.15, -0.1) is 0 Å². The van der Waals surface area contributed by atoms with Crippen molar-refractivity contribution < 1.29 is 0 Å². The molecule has 2 nitrogen and oxygen atoms in total. The molecule has 0 aromatic rings. The van der Waals surface area contributed by atoms with E-state index in [0.717, 1.165) is 36.1 Å². The fourth-order valence-electron chi connectivity index (χ4n) is 7.13. The fourth-order valence-corrected chi connectivity index (χ4v) is 7.13. The Morgan fingerprint density at radius 3 is 2.48 bits per heavy atom. The van der Waals surface area contributed by atoms with Gasteiger partial charge in [0.2, 0.25) is 0 Å². The third kappa shape index (κ3) is 2.47. The molecule has 0 aromatic heterocycles. The zero-order valence-corrected chi connectivity index (χ0v) is 14.8. The minimum absolute atomic E-state index is 0.529. The number of fused-ring (bicyclic) bond motifs is 4. The Morgan fingerprint density at radius 2 is 1.76 bits per heavy atom. The highest BCUT2D eigenvalue weighted by Crippen LogP contribution is 2.71. The van der Waals surface area contributed by atoms with E-state index in [-0.39, 0.29) is 0 Å². The van der Waals surface area contributed by atoms with Gasteiger partial charge in [-0.1, -0.05) is 40.5 Å². The molecule has 0 bridgehead atoms. The second-order valence-corrected chi connectivity index (χ2v) is 9.30. The molecule has 6 unspecified atom stereocenters. The predicted molar refractivity (Wildman–Crippen MR) is 89.8 cm³/mol. The topological polar surface area (TPSA) is 24.1 Å². The monoisotopic (exact) mass is 292 g/mol. The quantitative estimate of drug-likeness (QED) is 0.761. The highest BCUT2D eigenvalue weighted by molar-refractivity contribution is 5.13. The lowest BCUT2D eigenvalue weighted by Crippen LogP contribution is -2.61. The summed E-state index contributed by atoms with van der Waals surface area (Å²) in [6.45, 7) is 11.4. The van der Waals surface area contributed by atoms with Crippen molar-refractivity contribution in [3.63, 3.8) is 0 Å². The smallest absolute Gasteiger partial charge is 0.0131 e. The number of hydrazine groups is 1. The van der Waals surface area contributed by atoms with Gasteiger partial charge in [0.25, 0.3) is 0 Å². The van der Waals surface area contributed by atoms with Crippen LogP contribution in [0.1, 0.15) is 66.2 Å². The van der Waals surface area contributed by atoms with Crippen molar-refractivity contribution in [3.05, 3.63) is 0 Å². The molecule has 3 aliphatic carbocycles. The zero-order chi connectivity index (χ0) is 15.3. The van der Waals surface area contributed by atoms with Crippen LogP contribution in [0.2, 0.25) is 0 Å². The van der Waals surface area contributed by atoms with E-state index in [1.165, 1.54) is 38.5 Å². The fraction of sp³-hybridized carbons (Fsp3) is 1.00. The first-order valence-electron chi connectivity index (χ1n) is 9.30. The molecule has 0 aromatic carbocycles. The normalized spacial score (nSPS) is 48.7. The van der Waals surface area contributed by atoms with Gasteiger partial charge in [-0.2, -0.15) is 0 Å². The van der Waals surface area contributed by atoms with Crippen LogP contribution >= 0.6 is 0 Å². The van der Waals surface area contributed by atoms with Crippen LogP contribution in [0.15, 0.2) is 0 Å². The molecule has 6 atom stereocenters. The molecule has 0 spiro atoms. The van der Waals surface area contributed by atoms with Crippen LogP contribution in [0.5, 0.6) is 0 Å². The zero-order valence-electron chi connectivity index (χ0n) is 14.8. The molecule has 3 aliphatic rings. The van der Waals surface area contributed by atoms with Crippen molar-refractivity contribution in [3.8, 4) is 0 Å². The second kappa shape index (κ2) is 5.53. The summed E-state index contributed by atoms with van der Waals surface area (Å²) in [5.74, 6) is 4.71. The van der Waals surface area contributed by atoms with Crippen molar-refractivity contribution in [1.29, 1.82) is 0 Å². The molecule has 2 N–H and O–H groups in total. The van der Waals surface area contributed by atoms with Crippen LogP contribution < -0.4 is 10.9 Å². The van der Waals surface area contributed by atoms with Crippen molar-refractivity contribution >= 4 is 0 Å². The van der Waals surface area contributed by atoms with Crippen molar-refractivity contribution in [2.75, 3.05) is 13.6 Å². The van der Waals surface area contributed by atoms with Gasteiger partial charge in [-0.25, -0.2) is 0 Å². The van der Waals surface area contributed by atoms with E-state index < -0.39 is 0 Å². The van der Waals surface area contributed by atoms with Gasteiger partial charge >= 0.3 is 0 Å². The number of nitrogens with one attached hydrogen (secondary N) is 2.